The van der Waals surface area contributed by atoms with E-state index in [4.69, 9.17) is 4.74 Å². The van der Waals surface area contributed by atoms with Gasteiger partial charge in [0.25, 0.3) is 0 Å². The molecule has 0 amide bonds. The van der Waals surface area contributed by atoms with E-state index >= 15 is 0 Å². The van der Waals surface area contributed by atoms with Gasteiger partial charge in [-0.05, 0) is 38.2 Å². The Morgan fingerprint density at radius 1 is 1.13 bits per heavy atom. The summed E-state index contributed by atoms with van der Waals surface area (Å²) in [7, 11) is 0. The molecule has 0 saturated carbocycles. The van der Waals surface area contributed by atoms with Gasteiger partial charge >= 0.3 is 0 Å². The van der Waals surface area contributed by atoms with E-state index in [0.29, 0.717) is 11.3 Å². The molecule has 1 nitrogen and oxygen atoms in total. The lowest BCUT2D eigenvalue weighted by molar-refractivity contribution is -0.184. The zero-order valence-electron chi connectivity index (χ0n) is 11.0. The molecule has 0 radical (unpaired) electrons. The van der Waals surface area contributed by atoms with Gasteiger partial charge in [0.2, 0.25) is 0 Å². The van der Waals surface area contributed by atoms with Crippen molar-refractivity contribution in [2.75, 3.05) is 0 Å². The second-order valence-corrected chi connectivity index (χ2v) is 6.70. The molecule has 1 unspecified atom stereocenters. The molecule has 1 saturated heterocycles. The Morgan fingerprint density at radius 3 is 2.33 bits per heavy atom. The lowest BCUT2D eigenvalue weighted by atomic mass is 9.53. The van der Waals surface area contributed by atoms with E-state index in [0.717, 1.165) is 0 Å². The van der Waals surface area contributed by atoms with E-state index in [1.54, 1.807) is 0 Å². The van der Waals surface area contributed by atoms with E-state index in [9.17, 15) is 0 Å². The average Bonchev–Trinajstić information content (AvgIpc) is 2.49. The summed E-state index contributed by atoms with van der Waals surface area (Å²) < 4.78 is 6.21. The molecule has 1 fully saturated rings. The number of rotatable bonds is 0. The van der Waals surface area contributed by atoms with Crippen LogP contribution in [0, 0.1) is 16.7 Å². The van der Waals surface area contributed by atoms with Crippen LogP contribution in [0.15, 0.2) is 11.8 Å². The summed E-state index contributed by atoms with van der Waals surface area (Å²) in [6.45, 7) is 14.0. The third kappa shape index (κ3) is 1.21. The predicted octanol–water partition coefficient (Wildman–Crippen LogP) is 4.14. The molecule has 1 heterocycles. The Balaban J connectivity index is 2.47. The van der Waals surface area contributed by atoms with Crippen LogP contribution in [0.25, 0.3) is 0 Å². The quantitative estimate of drug-likeness (QED) is 0.581. The SMILES string of the molecule is CC1(C)OC2=CCCC2C(C)(C)C1(C)C. The number of allylic oxidation sites excluding steroid dienone is 2. The summed E-state index contributed by atoms with van der Waals surface area (Å²) in [4.78, 5) is 0. The summed E-state index contributed by atoms with van der Waals surface area (Å²) in [6, 6.07) is 0. The largest absolute Gasteiger partial charge is 0.492 e. The third-order valence-electron chi connectivity index (χ3n) is 5.50. The highest BCUT2D eigenvalue weighted by Crippen LogP contribution is 2.61. The van der Waals surface area contributed by atoms with Gasteiger partial charge in [0.1, 0.15) is 5.60 Å². The van der Waals surface area contributed by atoms with Gasteiger partial charge in [0.05, 0.1) is 5.76 Å². The molecule has 0 N–H and O–H groups in total. The van der Waals surface area contributed by atoms with Crippen molar-refractivity contribution in [2.24, 2.45) is 16.7 Å². The highest BCUT2D eigenvalue weighted by atomic mass is 16.5. The molecule has 1 aliphatic carbocycles. The molecule has 0 aromatic rings. The van der Waals surface area contributed by atoms with Crippen molar-refractivity contribution < 1.29 is 4.74 Å². The Hall–Kier alpha value is -0.460. The molecule has 2 rings (SSSR count). The maximum Gasteiger partial charge on any atom is 0.109 e. The van der Waals surface area contributed by atoms with Crippen LogP contribution in [0.1, 0.15) is 54.4 Å². The van der Waals surface area contributed by atoms with Gasteiger partial charge in [-0.1, -0.05) is 27.7 Å². The monoisotopic (exact) mass is 208 g/mol. The van der Waals surface area contributed by atoms with Gasteiger partial charge in [-0.2, -0.15) is 0 Å². The summed E-state index contributed by atoms with van der Waals surface area (Å²) >= 11 is 0. The highest BCUT2D eigenvalue weighted by Gasteiger charge is 2.58. The number of hydrogen-bond donors (Lipinski definition) is 0. The van der Waals surface area contributed by atoms with Gasteiger partial charge in [-0.3, -0.25) is 0 Å². The molecule has 1 heteroatoms. The van der Waals surface area contributed by atoms with Crippen molar-refractivity contribution >= 4 is 0 Å². The predicted molar refractivity (Wildman–Crippen MR) is 63.5 cm³/mol. The van der Waals surface area contributed by atoms with Gasteiger partial charge in [0, 0.05) is 11.3 Å². The molecule has 2 aliphatic rings. The first-order chi connectivity index (χ1) is 6.70. The van der Waals surface area contributed by atoms with E-state index in [1.165, 1.54) is 18.6 Å². The van der Waals surface area contributed by atoms with Gasteiger partial charge in [-0.15, -0.1) is 0 Å². The molecule has 1 atom stereocenters. The van der Waals surface area contributed by atoms with Crippen molar-refractivity contribution in [2.45, 2.75) is 60.0 Å². The summed E-state index contributed by atoms with van der Waals surface area (Å²) in [5.41, 5.74) is 0.451. The lowest BCUT2D eigenvalue weighted by Gasteiger charge is -2.59. The Labute approximate surface area is 93.9 Å². The summed E-state index contributed by atoms with van der Waals surface area (Å²) in [5.74, 6) is 1.88. The molecular formula is C14H24O. The van der Waals surface area contributed by atoms with E-state index < -0.39 is 0 Å². The van der Waals surface area contributed by atoms with Crippen molar-refractivity contribution in [3.05, 3.63) is 11.8 Å². The zero-order chi connectivity index (χ0) is 11.5. The first kappa shape index (κ1) is 11.0. The Bertz CT molecular complexity index is 307. The fourth-order valence-corrected chi connectivity index (χ4v) is 3.14. The van der Waals surface area contributed by atoms with Crippen LogP contribution in [0.3, 0.4) is 0 Å². The molecular weight excluding hydrogens is 184 g/mol. The van der Waals surface area contributed by atoms with Crippen LogP contribution in [0.2, 0.25) is 0 Å². The van der Waals surface area contributed by atoms with E-state index in [-0.39, 0.29) is 11.0 Å². The second-order valence-electron chi connectivity index (χ2n) is 6.70. The van der Waals surface area contributed by atoms with Crippen molar-refractivity contribution in [1.29, 1.82) is 0 Å². The Kier molecular flexibility index (Phi) is 2.07. The molecule has 0 aromatic heterocycles. The minimum absolute atomic E-state index is 0.0663. The third-order valence-corrected chi connectivity index (χ3v) is 5.50. The molecule has 15 heavy (non-hydrogen) atoms. The minimum atomic E-state index is -0.0663. The van der Waals surface area contributed by atoms with Gasteiger partial charge in [-0.25, -0.2) is 0 Å². The average molecular weight is 208 g/mol. The number of hydrogen-bond acceptors (Lipinski definition) is 1. The molecule has 0 aromatic carbocycles. The van der Waals surface area contributed by atoms with Crippen LogP contribution >= 0.6 is 0 Å². The number of ether oxygens (including phenoxy) is 1. The van der Waals surface area contributed by atoms with Crippen molar-refractivity contribution in [3.63, 3.8) is 0 Å². The zero-order valence-corrected chi connectivity index (χ0v) is 11.0. The molecule has 0 bridgehead atoms. The van der Waals surface area contributed by atoms with Gasteiger partial charge < -0.3 is 4.74 Å². The summed E-state index contributed by atoms with van der Waals surface area (Å²) in [6.07, 6.45) is 4.75. The second kappa shape index (κ2) is 2.81. The molecule has 1 aliphatic heterocycles. The maximum absolute atomic E-state index is 6.21. The Morgan fingerprint density at radius 2 is 1.73 bits per heavy atom. The first-order valence-corrected chi connectivity index (χ1v) is 6.09. The van der Waals surface area contributed by atoms with Gasteiger partial charge in [0.15, 0.2) is 0 Å². The summed E-state index contributed by atoms with van der Waals surface area (Å²) in [5, 5.41) is 0. The molecule has 86 valence electrons. The van der Waals surface area contributed by atoms with Crippen LogP contribution in [-0.2, 0) is 4.74 Å². The van der Waals surface area contributed by atoms with Crippen LogP contribution in [0.4, 0.5) is 0 Å². The van der Waals surface area contributed by atoms with Crippen LogP contribution < -0.4 is 0 Å². The first-order valence-electron chi connectivity index (χ1n) is 6.09. The smallest absolute Gasteiger partial charge is 0.109 e. The van der Waals surface area contributed by atoms with Crippen LogP contribution in [0.5, 0.6) is 0 Å². The normalized spacial score (nSPS) is 35.3. The maximum atomic E-state index is 6.21. The van der Waals surface area contributed by atoms with E-state index in [2.05, 4.69) is 47.6 Å². The molecule has 0 spiro atoms. The van der Waals surface area contributed by atoms with Crippen molar-refractivity contribution in [3.8, 4) is 0 Å². The minimum Gasteiger partial charge on any atom is -0.492 e. The fourth-order valence-electron chi connectivity index (χ4n) is 3.14. The highest BCUT2D eigenvalue weighted by molar-refractivity contribution is 5.19. The lowest BCUT2D eigenvalue weighted by Crippen LogP contribution is -2.57. The topological polar surface area (TPSA) is 9.23 Å². The van der Waals surface area contributed by atoms with Crippen LogP contribution in [-0.4, -0.2) is 5.60 Å². The van der Waals surface area contributed by atoms with Crippen molar-refractivity contribution in [1.82, 2.24) is 0 Å². The standard InChI is InChI=1S/C14H24O/c1-12(2)10-8-7-9-11(10)15-14(5,6)13(12,3)4/h9-10H,7-8H2,1-6H3. The number of fused-ring (bicyclic) bond motifs is 1. The fraction of sp³-hybridized carbons (Fsp3) is 0.857. The van der Waals surface area contributed by atoms with E-state index in [1.807, 2.05) is 0 Å².